The van der Waals surface area contributed by atoms with Crippen molar-refractivity contribution in [2.24, 2.45) is 0 Å². The highest BCUT2D eigenvalue weighted by atomic mass is 35.5. The maximum Gasteiger partial charge on any atom is 0.0495 e. The molecule has 1 nitrogen and oxygen atoms in total. The van der Waals surface area contributed by atoms with Crippen LogP contribution in [0.4, 0.5) is 0 Å². The Bertz CT molecular complexity index is 974. The van der Waals surface area contributed by atoms with Gasteiger partial charge in [-0.1, -0.05) is 72.3 Å². The van der Waals surface area contributed by atoms with Crippen molar-refractivity contribution in [2.45, 2.75) is 17.2 Å². The molecule has 0 N–H and O–H groups in total. The molecule has 0 aliphatic carbocycles. The van der Waals surface area contributed by atoms with Crippen LogP contribution in [0.15, 0.2) is 90.0 Å². The Morgan fingerprint density at radius 2 is 1.48 bits per heavy atom. The van der Waals surface area contributed by atoms with Crippen LogP contribution in [0.3, 0.4) is 0 Å². The molecule has 1 heterocycles. The smallest absolute Gasteiger partial charge is 0.0495 e. The number of hydrogen-bond donors (Lipinski definition) is 0. The van der Waals surface area contributed by atoms with E-state index in [1.54, 1.807) is 0 Å². The summed E-state index contributed by atoms with van der Waals surface area (Å²) in [6, 6.07) is 27.3. The molecule has 0 unspecified atom stereocenters. The molecule has 0 saturated carbocycles. The molecule has 0 amide bonds. The molecule has 0 fully saturated rings. The van der Waals surface area contributed by atoms with E-state index in [9.17, 15) is 0 Å². The van der Waals surface area contributed by atoms with Crippen LogP contribution in [0.5, 0.6) is 0 Å². The highest BCUT2D eigenvalue weighted by Gasteiger charge is 2.09. The van der Waals surface area contributed by atoms with Gasteiger partial charge in [-0.25, -0.2) is 0 Å². The van der Waals surface area contributed by atoms with Gasteiger partial charge in [0.05, 0.1) is 0 Å². The van der Waals surface area contributed by atoms with Gasteiger partial charge in [-0.3, -0.25) is 0 Å². The van der Waals surface area contributed by atoms with Crippen LogP contribution >= 0.6 is 23.4 Å². The molecule has 4 aromatic rings. The zero-order valence-electron chi connectivity index (χ0n) is 13.7. The van der Waals surface area contributed by atoms with Gasteiger partial charge in [0.15, 0.2) is 0 Å². The summed E-state index contributed by atoms with van der Waals surface area (Å²) in [5.41, 5.74) is 3.89. The van der Waals surface area contributed by atoms with Gasteiger partial charge in [0.1, 0.15) is 0 Å². The number of fused-ring (bicyclic) bond motifs is 1. The highest BCUT2D eigenvalue weighted by molar-refractivity contribution is 7.98. The fourth-order valence-corrected chi connectivity index (χ4v) is 4.15. The van der Waals surface area contributed by atoms with Crippen LogP contribution < -0.4 is 0 Å². The van der Waals surface area contributed by atoms with Crippen molar-refractivity contribution in [3.63, 3.8) is 0 Å². The third kappa shape index (κ3) is 3.76. The minimum atomic E-state index is 0.785. The molecular formula is C22H18ClNS. The quantitative estimate of drug-likeness (QED) is 0.360. The van der Waals surface area contributed by atoms with Crippen LogP contribution in [-0.4, -0.2) is 4.57 Å². The monoisotopic (exact) mass is 363 g/mol. The minimum Gasteiger partial charge on any atom is -0.342 e. The molecule has 0 atom stereocenters. The molecule has 0 saturated heterocycles. The van der Waals surface area contributed by atoms with Crippen LogP contribution in [0.2, 0.25) is 5.02 Å². The van der Waals surface area contributed by atoms with Gasteiger partial charge in [0.25, 0.3) is 0 Å². The van der Waals surface area contributed by atoms with E-state index in [0.29, 0.717) is 0 Å². The zero-order chi connectivity index (χ0) is 17.1. The van der Waals surface area contributed by atoms with E-state index in [2.05, 4.69) is 77.5 Å². The van der Waals surface area contributed by atoms with E-state index in [4.69, 9.17) is 11.6 Å². The third-order valence-corrected chi connectivity index (χ3v) is 5.62. The Morgan fingerprint density at radius 1 is 0.760 bits per heavy atom. The summed E-state index contributed by atoms with van der Waals surface area (Å²) < 4.78 is 2.34. The topological polar surface area (TPSA) is 4.93 Å². The fourth-order valence-electron chi connectivity index (χ4n) is 2.98. The van der Waals surface area contributed by atoms with Crippen molar-refractivity contribution in [1.29, 1.82) is 0 Å². The van der Waals surface area contributed by atoms with E-state index in [0.717, 1.165) is 17.3 Å². The minimum absolute atomic E-state index is 0.785. The van der Waals surface area contributed by atoms with E-state index in [-0.39, 0.29) is 0 Å². The van der Waals surface area contributed by atoms with Gasteiger partial charge in [-0.2, -0.15) is 0 Å². The summed E-state index contributed by atoms with van der Waals surface area (Å²) in [7, 11) is 0. The van der Waals surface area contributed by atoms with Gasteiger partial charge in [0.2, 0.25) is 0 Å². The lowest BCUT2D eigenvalue weighted by Gasteiger charge is -2.05. The first-order chi connectivity index (χ1) is 12.3. The average molecular weight is 364 g/mol. The second-order valence-electron chi connectivity index (χ2n) is 6.04. The first kappa shape index (κ1) is 16.3. The van der Waals surface area contributed by atoms with Gasteiger partial charge < -0.3 is 4.57 Å². The van der Waals surface area contributed by atoms with E-state index < -0.39 is 0 Å². The van der Waals surface area contributed by atoms with Gasteiger partial charge in [-0.05, 0) is 29.3 Å². The molecule has 4 rings (SSSR count). The predicted molar refractivity (Wildman–Crippen MR) is 108 cm³/mol. The molecule has 3 aromatic carbocycles. The average Bonchev–Trinajstić information content (AvgIpc) is 3.00. The van der Waals surface area contributed by atoms with Gasteiger partial charge in [0, 0.05) is 39.3 Å². The van der Waals surface area contributed by atoms with E-state index in [1.807, 2.05) is 23.9 Å². The molecular weight excluding hydrogens is 346 g/mol. The second-order valence-corrected chi connectivity index (χ2v) is 7.49. The van der Waals surface area contributed by atoms with Crippen molar-refractivity contribution in [3.05, 3.63) is 101 Å². The van der Waals surface area contributed by atoms with Crippen molar-refractivity contribution < 1.29 is 0 Å². The summed E-state index contributed by atoms with van der Waals surface area (Å²) in [4.78, 5) is 1.32. The Morgan fingerprint density at radius 3 is 2.28 bits per heavy atom. The molecule has 0 spiro atoms. The van der Waals surface area contributed by atoms with E-state index in [1.165, 1.54) is 26.9 Å². The number of hydrogen-bond acceptors (Lipinski definition) is 1. The maximum atomic E-state index is 5.98. The molecule has 3 heteroatoms. The second kappa shape index (κ2) is 7.38. The molecule has 0 aliphatic heterocycles. The Hall–Kier alpha value is -2.16. The molecule has 0 bridgehead atoms. The van der Waals surface area contributed by atoms with Crippen LogP contribution in [0.1, 0.15) is 11.1 Å². The summed E-state index contributed by atoms with van der Waals surface area (Å²) >= 11 is 7.85. The van der Waals surface area contributed by atoms with Crippen LogP contribution in [0.25, 0.3) is 10.9 Å². The zero-order valence-corrected chi connectivity index (χ0v) is 15.3. The highest BCUT2D eigenvalue weighted by Crippen LogP contribution is 2.32. The molecule has 25 heavy (non-hydrogen) atoms. The normalized spacial score (nSPS) is 11.1. The number of nitrogens with zero attached hydrogens (tertiary/aromatic N) is 1. The number of thioether (sulfide) groups is 1. The number of benzene rings is 3. The lowest BCUT2D eigenvalue weighted by Crippen LogP contribution is -1.97. The molecule has 0 radical (unpaired) electrons. The first-order valence-electron chi connectivity index (χ1n) is 8.28. The lowest BCUT2D eigenvalue weighted by atomic mass is 10.2. The van der Waals surface area contributed by atoms with Gasteiger partial charge >= 0.3 is 0 Å². The van der Waals surface area contributed by atoms with Gasteiger partial charge in [-0.15, -0.1) is 11.8 Å². The number of halogens is 1. The SMILES string of the molecule is Clc1ccc(CSc2cn(Cc3ccccc3)c3ccccc23)cc1. The van der Waals surface area contributed by atoms with Crippen molar-refractivity contribution >= 4 is 34.3 Å². The summed E-state index contributed by atoms with van der Waals surface area (Å²) in [5, 5.41) is 2.10. The third-order valence-electron chi connectivity index (χ3n) is 4.26. The molecule has 124 valence electrons. The van der Waals surface area contributed by atoms with E-state index >= 15 is 0 Å². The number of para-hydroxylation sites is 1. The van der Waals surface area contributed by atoms with Crippen molar-refractivity contribution in [1.82, 2.24) is 4.57 Å². The lowest BCUT2D eigenvalue weighted by molar-refractivity contribution is 0.830. The van der Waals surface area contributed by atoms with Crippen LogP contribution in [-0.2, 0) is 12.3 Å². The molecule has 1 aromatic heterocycles. The number of aromatic nitrogens is 1. The first-order valence-corrected chi connectivity index (χ1v) is 9.65. The van der Waals surface area contributed by atoms with Crippen molar-refractivity contribution in [2.75, 3.05) is 0 Å². The largest absolute Gasteiger partial charge is 0.342 e. The Labute approximate surface area is 157 Å². The Kier molecular flexibility index (Phi) is 4.82. The predicted octanol–water partition coefficient (Wildman–Crippen LogP) is 6.64. The fraction of sp³-hybridized carbons (Fsp3) is 0.0909. The summed E-state index contributed by atoms with van der Waals surface area (Å²) in [6.07, 6.45) is 2.28. The summed E-state index contributed by atoms with van der Waals surface area (Å²) in [6.45, 7) is 0.892. The van der Waals surface area contributed by atoms with Crippen molar-refractivity contribution in [3.8, 4) is 0 Å². The number of rotatable bonds is 5. The van der Waals surface area contributed by atoms with Crippen LogP contribution in [0, 0.1) is 0 Å². The maximum absolute atomic E-state index is 5.98. The summed E-state index contributed by atoms with van der Waals surface area (Å²) in [5.74, 6) is 0.941. The standard InChI is InChI=1S/C22H18ClNS/c23-19-12-10-18(11-13-19)16-25-22-15-24(14-17-6-2-1-3-7-17)21-9-5-4-8-20(21)22/h1-13,15H,14,16H2. The molecule has 0 aliphatic rings. The Balaban J connectivity index is 1.61.